The lowest BCUT2D eigenvalue weighted by Gasteiger charge is -2.28. The maximum Gasteiger partial charge on any atom is 0.679 e. The monoisotopic (exact) mass is 278 g/mol. The number of hydrogen-bond donors (Lipinski definition) is 0. The van der Waals surface area contributed by atoms with Crippen LogP contribution in [0.1, 0.15) is 41.5 Å². The van der Waals surface area contributed by atoms with Crippen molar-refractivity contribution in [2.45, 2.75) is 41.5 Å². The maximum absolute atomic E-state index is 5.81. The SMILES string of the molecule is CO[Si](OCC(C)C)(OCC(C)C)OCC(C)C. The van der Waals surface area contributed by atoms with Crippen molar-refractivity contribution in [1.29, 1.82) is 0 Å². The Morgan fingerprint density at radius 3 is 1.11 bits per heavy atom. The zero-order valence-electron chi connectivity index (χ0n) is 13.0. The van der Waals surface area contributed by atoms with Gasteiger partial charge >= 0.3 is 9.05 Å². The van der Waals surface area contributed by atoms with Gasteiger partial charge in [-0.2, -0.15) is 0 Å². The molecule has 0 rings (SSSR count). The normalized spacial score (nSPS) is 13.0. The van der Waals surface area contributed by atoms with Crippen LogP contribution in [0.2, 0.25) is 0 Å². The molecular formula is C13H30O4Si. The van der Waals surface area contributed by atoms with E-state index in [4.69, 9.17) is 17.7 Å². The fraction of sp³-hybridized carbons (Fsp3) is 1.00. The van der Waals surface area contributed by atoms with Gasteiger partial charge in [0.2, 0.25) is 0 Å². The molecule has 0 saturated heterocycles. The molecule has 0 aromatic heterocycles. The average Bonchev–Trinajstić information content (AvgIpc) is 2.28. The summed E-state index contributed by atoms with van der Waals surface area (Å²) in [6.07, 6.45) is 0. The van der Waals surface area contributed by atoms with Crippen LogP contribution in [0, 0.1) is 17.8 Å². The lowest BCUT2D eigenvalue weighted by atomic mass is 10.2. The fourth-order valence-electron chi connectivity index (χ4n) is 1.11. The van der Waals surface area contributed by atoms with E-state index in [9.17, 15) is 0 Å². The first-order chi connectivity index (χ1) is 8.31. The molecule has 18 heavy (non-hydrogen) atoms. The van der Waals surface area contributed by atoms with Crippen molar-refractivity contribution in [3.63, 3.8) is 0 Å². The molecule has 0 aliphatic rings. The van der Waals surface area contributed by atoms with Gasteiger partial charge in [-0.25, -0.2) is 0 Å². The van der Waals surface area contributed by atoms with Crippen LogP contribution in [0.25, 0.3) is 0 Å². The average molecular weight is 278 g/mol. The molecular weight excluding hydrogens is 248 g/mol. The van der Waals surface area contributed by atoms with Crippen LogP contribution < -0.4 is 0 Å². The Balaban J connectivity index is 4.49. The summed E-state index contributed by atoms with van der Waals surface area (Å²) in [5.41, 5.74) is 0. The molecule has 110 valence electrons. The summed E-state index contributed by atoms with van der Waals surface area (Å²) in [7, 11) is -1.35. The molecule has 0 aromatic carbocycles. The summed E-state index contributed by atoms with van der Waals surface area (Å²) in [6.45, 7) is 14.4. The lowest BCUT2D eigenvalue weighted by molar-refractivity contribution is -0.0373. The molecule has 5 heteroatoms. The van der Waals surface area contributed by atoms with Crippen molar-refractivity contribution in [1.82, 2.24) is 0 Å². The van der Waals surface area contributed by atoms with Gasteiger partial charge in [-0.15, -0.1) is 0 Å². The van der Waals surface area contributed by atoms with Crippen molar-refractivity contribution in [3.8, 4) is 0 Å². The lowest BCUT2D eigenvalue weighted by Crippen LogP contribution is -2.50. The van der Waals surface area contributed by atoms with Crippen LogP contribution in [0.4, 0.5) is 0 Å². The van der Waals surface area contributed by atoms with E-state index in [0.717, 1.165) is 0 Å². The molecule has 4 nitrogen and oxygen atoms in total. The Bertz CT molecular complexity index is 176. The molecule has 0 bridgehead atoms. The van der Waals surface area contributed by atoms with Crippen molar-refractivity contribution in [3.05, 3.63) is 0 Å². The molecule has 0 aliphatic heterocycles. The van der Waals surface area contributed by atoms with E-state index in [2.05, 4.69) is 41.5 Å². The van der Waals surface area contributed by atoms with E-state index in [-0.39, 0.29) is 0 Å². The summed E-state index contributed by atoms with van der Waals surface area (Å²) in [6, 6.07) is 0. The Morgan fingerprint density at radius 1 is 0.667 bits per heavy atom. The van der Waals surface area contributed by atoms with Gasteiger partial charge < -0.3 is 17.7 Å². The van der Waals surface area contributed by atoms with Gasteiger partial charge in [0.15, 0.2) is 0 Å². The quantitative estimate of drug-likeness (QED) is 0.575. The Hall–Kier alpha value is 0.0569. The predicted octanol–water partition coefficient (Wildman–Crippen LogP) is 3.09. The number of rotatable bonds is 10. The van der Waals surface area contributed by atoms with Crippen LogP contribution in [-0.4, -0.2) is 36.0 Å². The molecule has 0 aliphatic carbocycles. The molecule has 0 amide bonds. The van der Waals surface area contributed by atoms with Gasteiger partial charge in [0, 0.05) is 26.9 Å². The first-order valence-electron chi connectivity index (χ1n) is 6.78. The minimum absolute atomic E-state index is 0.428. The van der Waals surface area contributed by atoms with E-state index in [1.165, 1.54) is 0 Å². The molecule has 0 fully saturated rings. The Labute approximate surface area is 113 Å². The van der Waals surface area contributed by atoms with E-state index < -0.39 is 9.05 Å². The largest absolute Gasteiger partial charge is 0.679 e. The Kier molecular flexibility index (Phi) is 9.07. The van der Waals surface area contributed by atoms with E-state index >= 15 is 0 Å². The minimum Gasteiger partial charge on any atom is -0.355 e. The van der Waals surface area contributed by atoms with Crippen molar-refractivity contribution >= 4 is 9.05 Å². The third-order valence-corrected chi connectivity index (χ3v) is 4.09. The van der Waals surface area contributed by atoms with Gasteiger partial charge in [0.05, 0.1) is 0 Å². The molecule has 0 heterocycles. The second-order valence-corrected chi connectivity index (χ2v) is 8.09. The van der Waals surface area contributed by atoms with Crippen LogP contribution in [-0.2, 0) is 17.7 Å². The van der Waals surface area contributed by atoms with E-state index in [0.29, 0.717) is 37.6 Å². The Morgan fingerprint density at radius 2 is 0.944 bits per heavy atom. The molecule has 0 radical (unpaired) electrons. The third-order valence-electron chi connectivity index (χ3n) is 2.03. The van der Waals surface area contributed by atoms with Crippen molar-refractivity contribution in [2.75, 3.05) is 26.9 Å². The first-order valence-corrected chi connectivity index (χ1v) is 8.41. The highest BCUT2D eigenvalue weighted by molar-refractivity contribution is 6.53. The smallest absolute Gasteiger partial charge is 0.355 e. The molecule has 0 N–H and O–H groups in total. The summed E-state index contributed by atoms with van der Waals surface area (Å²) in [4.78, 5) is 0. The molecule has 0 spiro atoms. The molecule has 0 atom stereocenters. The van der Waals surface area contributed by atoms with Crippen LogP contribution >= 0.6 is 0 Å². The minimum atomic E-state index is -2.96. The van der Waals surface area contributed by atoms with E-state index in [1.54, 1.807) is 7.11 Å². The first kappa shape index (κ1) is 18.1. The molecule has 0 saturated carbocycles. The van der Waals surface area contributed by atoms with Crippen molar-refractivity contribution in [2.24, 2.45) is 17.8 Å². The number of hydrogen-bond acceptors (Lipinski definition) is 4. The van der Waals surface area contributed by atoms with Crippen LogP contribution in [0.5, 0.6) is 0 Å². The zero-order valence-corrected chi connectivity index (χ0v) is 14.0. The topological polar surface area (TPSA) is 36.9 Å². The van der Waals surface area contributed by atoms with Gasteiger partial charge in [-0.1, -0.05) is 41.5 Å². The zero-order chi connectivity index (χ0) is 14.2. The highest BCUT2D eigenvalue weighted by Crippen LogP contribution is 2.15. The van der Waals surface area contributed by atoms with Crippen LogP contribution in [0.15, 0.2) is 0 Å². The predicted molar refractivity (Wildman–Crippen MR) is 75.1 cm³/mol. The molecule has 0 aromatic rings. The van der Waals surface area contributed by atoms with Gasteiger partial charge in [0.1, 0.15) is 0 Å². The standard InChI is InChI=1S/C13H30O4Si/c1-11(2)8-15-18(14-7,16-9-12(3)4)17-10-13(5)6/h11-13H,8-10H2,1-7H3. The highest BCUT2D eigenvalue weighted by Gasteiger charge is 2.45. The van der Waals surface area contributed by atoms with Crippen LogP contribution in [0.3, 0.4) is 0 Å². The third kappa shape index (κ3) is 8.21. The second-order valence-electron chi connectivity index (χ2n) is 5.82. The van der Waals surface area contributed by atoms with E-state index in [1.807, 2.05) is 0 Å². The fourth-order valence-corrected chi connectivity index (χ4v) is 3.32. The second kappa shape index (κ2) is 9.04. The maximum atomic E-state index is 5.81. The van der Waals surface area contributed by atoms with Gasteiger partial charge in [-0.3, -0.25) is 0 Å². The van der Waals surface area contributed by atoms with Crippen molar-refractivity contribution < 1.29 is 17.7 Å². The summed E-state index contributed by atoms with van der Waals surface area (Å²) < 4.78 is 22.9. The summed E-state index contributed by atoms with van der Waals surface area (Å²) in [5.74, 6) is 1.28. The summed E-state index contributed by atoms with van der Waals surface area (Å²) >= 11 is 0. The van der Waals surface area contributed by atoms with Gasteiger partial charge in [-0.05, 0) is 17.8 Å². The highest BCUT2D eigenvalue weighted by atomic mass is 28.4. The van der Waals surface area contributed by atoms with Gasteiger partial charge in [0.25, 0.3) is 0 Å². The molecule has 0 unspecified atom stereocenters. The summed E-state index contributed by atoms with van der Waals surface area (Å²) in [5, 5.41) is 0.